The van der Waals surface area contributed by atoms with Crippen molar-refractivity contribution in [2.45, 2.75) is 31.8 Å². The zero-order chi connectivity index (χ0) is 16.1. The fourth-order valence-corrected chi connectivity index (χ4v) is 2.64. The van der Waals surface area contributed by atoms with Crippen molar-refractivity contribution in [3.8, 4) is 0 Å². The average molecular weight is 311 g/mol. The number of benzene rings is 1. The molecule has 2 aromatic rings. The van der Waals surface area contributed by atoms with Crippen molar-refractivity contribution in [2.75, 3.05) is 6.54 Å². The minimum atomic E-state index is 0.0156. The summed E-state index contributed by atoms with van der Waals surface area (Å²) >= 11 is 0. The summed E-state index contributed by atoms with van der Waals surface area (Å²) in [4.78, 5) is 10.4. The van der Waals surface area contributed by atoms with E-state index < -0.39 is 0 Å². The zero-order valence-electron chi connectivity index (χ0n) is 13.0. The second-order valence-electron chi connectivity index (χ2n) is 5.82. The number of aromatic nitrogens is 2. The van der Waals surface area contributed by atoms with Crippen molar-refractivity contribution < 1.29 is 9.90 Å². The van der Waals surface area contributed by atoms with Crippen LogP contribution >= 0.6 is 0 Å². The van der Waals surface area contributed by atoms with Crippen molar-refractivity contribution in [1.29, 1.82) is 0 Å². The Morgan fingerprint density at radius 2 is 2.26 bits per heavy atom. The smallest absolute Gasteiger partial charge is 0.207 e. The van der Waals surface area contributed by atoms with Crippen LogP contribution in [0.3, 0.4) is 0 Å². The van der Waals surface area contributed by atoms with Crippen LogP contribution in [0, 0.1) is 0 Å². The highest BCUT2D eigenvalue weighted by Gasteiger charge is 2.26. The maximum atomic E-state index is 10.4. The van der Waals surface area contributed by atoms with Crippen LogP contribution in [0.25, 0.3) is 5.57 Å². The molecule has 3 N–H and O–H groups in total. The van der Waals surface area contributed by atoms with Crippen LogP contribution in [-0.4, -0.2) is 28.3 Å². The summed E-state index contributed by atoms with van der Waals surface area (Å²) in [5, 5.41) is 19.6. The summed E-state index contributed by atoms with van der Waals surface area (Å²) in [5.41, 5.74) is 5.02. The topological polar surface area (TPSA) is 78.0 Å². The molecule has 0 bridgehead atoms. The van der Waals surface area contributed by atoms with Crippen LogP contribution in [-0.2, 0) is 11.4 Å². The summed E-state index contributed by atoms with van der Waals surface area (Å²) in [6.45, 7) is 0.605. The molecule has 1 aromatic heterocycles. The number of carbonyl (C=O) groups is 1. The number of aliphatic hydroxyl groups is 1. The summed E-state index contributed by atoms with van der Waals surface area (Å²) < 4.78 is 0. The maximum Gasteiger partial charge on any atom is 0.207 e. The monoisotopic (exact) mass is 311 g/mol. The fraction of sp³-hybridized carbons (Fsp3) is 0.333. The molecule has 120 valence electrons. The van der Waals surface area contributed by atoms with E-state index in [1.165, 1.54) is 18.5 Å². The van der Waals surface area contributed by atoms with Gasteiger partial charge in [-0.05, 0) is 42.5 Å². The molecule has 0 aliphatic heterocycles. The summed E-state index contributed by atoms with van der Waals surface area (Å²) in [6.07, 6.45) is 5.97. The van der Waals surface area contributed by atoms with Crippen LogP contribution < -0.4 is 5.32 Å². The molecular formula is C18H21N3O2. The first-order valence-corrected chi connectivity index (χ1v) is 7.95. The van der Waals surface area contributed by atoms with E-state index in [4.69, 9.17) is 0 Å². The highest BCUT2D eigenvalue weighted by molar-refractivity contribution is 5.78. The molecule has 1 aliphatic rings. The molecule has 0 atom stereocenters. The first-order valence-electron chi connectivity index (χ1n) is 7.95. The maximum absolute atomic E-state index is 10.4. The lowest BCUT2D eigenvalue weighted by molar-refractivity contribution is -0.109. The Morgan fingerprint density at radius 1 is 1.39 bits per heavy atom. The van der Waals surface area contributed by atoms with Crippen LogP contribution in [0.1, 0.15) is 47.7 Å². The van der Waals surface area contributed by atoms with Crippen LogP contribution in [0.15, 0.2) is 36.4 Å². The Bertz CT molecular complexity index is 702. The van der Waals surface area contributed by atoms with Crippen molar-refractivity contribution in [3.05, 3.63) is 58.9 Å². The van der Waals surface area contributed by atoms with Crippen molar-refractivity contribution in [1.82, 2.24) is 15.5 Å². The molecule has 1 amide bonds. The van der Waals surface area contributed by atoms with Crippen LogP contribution in [0.2, 0.25) is 0 Å². The first kappa shape index (κ1) is 15.5. The minimum Gasteiger partial charge on any atom is -0.392 e. The van der Waals surface area contributed by atoms with Gasteiger partial charge in [0.1, 0.15) is 0 Å². The van der Waals surface area contributed by atoms with Gasteiger partial charge in [0, 0.05) is 23.7 Å². The Labute approximate surface area is 135 Å². The number of aliphatic hydroxyl groups excluding tert-OH is 1. The van der Waals surface area contributed by atoms with Crippen LogP contribution in [0.5, 0.6) is 0 Å². The van der Waals surface area contributed by atoms with Gasteiger partial charge in [0.2, 0.25) is 6.41 Å². The Hall–Kier alpha value is -2.40. The van der Waals surface area contributed by atoms with Gasteiger partial charge in [-0.1, -0.05) is 24.3 Å². The standard InChI is InChI=1S/C18H21N3O2/c22-11-13-3-1-4-15(9-13)16(5-2-8-19-12-23)18-10-17(20-21-18)14-6-7-14/h1,3-5,9-10,12,14,22H,2,6-8,11H2,(H,19,23)(H,20,21). The van der Waals surface area contributed by atoms with Gasteiger partial charge >= 0.3 is 0 Å². The largest absolute Gasteiger partial charge is 0.392 e. The summed E-state index contributed by atoms with van der Waals surface area (Å²) in [6, 6.07) is 9.94. The molecule has 0 radical (unpaired) electrons. The van der Waals surface area contributed by atoms with Crippen molar-refractivity contribution >= 4 is 12.0 Å². The van der Waals surface area contributed by atoms with Gasteiger partial charge in [0.25, 0.3) is 0 Å². The van der Waals surface area contributed by atoms with E-state index in [2.05, 4.69) is 27.7 Å². The lowest BCUT2D eigenvalue weighted by atomic mass is 9.99. The number of amides is 1. The molecule has 1 aromatic carbocycles. The van der Waals surface area contributed by atoms with Gasteiger partial charge in [0.15, 0.2) is 0 Å². The lowest BCUT2D eigenvalue weighted by Crippen LogP contribution is -2.11. The SMILES string of the molecule is O=CNCCC=C(c1cccc(CO)c1)c1cc(C2CC2)[nH]n1. The number of hydrogen-bond acceptors (Lipinski definition) is 3. The molecule has 1 heterocycles. The van der Waals surface area contributed by atoms with Gasteiger partial charge in [-0.15, -0.1) is 0 Å². The molecule has 0 saturated heterocycles. The molecule has 1 saturated carbocycles. The van der Waals surface area contributed by atoms with Gasteiger partial charge in [0.05, 0.1) is 12.3 Å². The molecule has 3 rings (SSSR count). The summed E-state index contributed by atoms with van der Waals surface area (Å²) in [7, 11) is 0. The van der Waals surface area contributed by atoms with E-state index in [0.29, 0.717) is 18.9 Å². The number of H-pyrrole nitrogens is 1. The first-order chi connectivity index (χ1) is 11.3. The molecule has 0 spiro atoms. The number of carbonyl (C=O) groups excluding carboxylic acids is 1. The molecule has 5 heteroatoms. The highest BCUT2D eigenvalue weighted by atomic mass is 16.3. The van der Waals surface area contributed by atoms with Crippen LogP contribution in [0.4, 0.5) is 0 Å². The highest BCUT2D eigenvalue weighted by Crippen LogP contribution is 2.40. The summed E-state index contributed by atoms with van der Waals surface area (Å²) in [5.74, 6) is 0.623. The Kier molecular flexibility index (Phi) is 4.88. The molecule has 1 fully saturated rings. The van der Waals surface area contributed by atoms with Gasteiger partial charge < -0.3 is 10.4 Å². The average Bonchev–Trinajstić information content (AvgIpc) is 3.33. The second-order valence-corrected chi connectivity index (χ2v) is 5.82. The fourth-order valence-electron chi connectivity index (χ4n) is 2.64. The predicted molar refractivity (Wildman–Crippen MR) is 88.7 cm³/mol. The van der Waals surface area contributed by atoms with E-state index in [1.54, 1.807) is 0 Å². The van der Waals surface area contributed by atoms with E-state index in [0.717, 1.165) is 28.8 Å². The Morgan fingerprint density at radius 3 is 3.00 bits per heavy atom. The minimum absolute atomic E-state index is 0.0156. The van der Waals surface area contributed by atoms with Gasteiger partial charge in [-0.3, -0.25) is 9.89 Å². The molecule has 5 nitrogen and oxygen atoms in total. The number of hydrogen-bond donors (Lipinski definition) is 3. The van der Waals surface area contributed by atoms with Crippen molar-refractivity contribution in [3.63, 3.8) is 0 Å². The van der Waals surface area contributed by atoms with E-state index in [9.17, 15) is 9.90 Å². The van der Waals surface area contributed by atoms with E-state index in [-0.39, 0.29) is 6.61 Å². The Balaban J connectivity index is 1.89. The van der Waals surface area contributed by atoms with Gasteiger partial charge in [-0.25, -0.2) is 0 Å². The molecule has 0 unspecified atom stereocenters. The third kappa shape index (κ3) is 3.87. The molecular weight excluding hydrogens is 290 g/mol. The number of nitrogens with zero attached hydrogens (tertiary/aromatic N) is 1. The predicted octanol–water partition coefficient (Wildman–Crippen LogP) is 2.35. The van der Waals surface area contributed by atoms with E-state index >= 15 is 0 Å². The normalized spacial score (nSPS) is 14.7. The third-order valence-electron chi connectivity index (χ3n) is 4.03. The molecule has 23 heavy (non-hydrogen) atoms. The second kappa shape index (κ2) is 7.24. The molecule has 1 aliphatic carbocycles. The quantitative estimate of drug-likeness (QED) is 0.517. The number of rotatable bonds is 8. The number of nitrogens with one attached hydrogen (secondary N) is 2. The number of aromatic amines is 1. The van der Waals surface area contributed by atoms with E-state index in [1.807, 2.05) is 24.3 Å². The van der Waals surface area contributed by atoms with Gasteiger partial charge in [-0.2, -0.15) is 5.10 Å². The van der Waals surface area contributed by atoms with Crippen molar-refractivity contribution in [2.24, 2.45) is 0 Å². The lowest BCUT2D eigenvalue weighted by Gasteiger charge is -2.07. The third-order valence-corrected chi connectivity index (χ3v) is 4.03. The zero-order valence-corrected chi connectivity index (χ0v) is 13.0.